The summed E-state index contributed by atoms with van der Waals surface area (Å²) in [6.07, 6.45) is 3.87. The van der Waals surface area contributed by atoms with Gasteiger partial charge in [0.25, 0.3) is 0 Å². The van der Waals surface area contributed by atoms with Crippen molar-refractivity contribution in [3.05, 3.63) is 265 Å². The number of benzene rings is 10. The van der Waals surface area contributed by atoms with Crippen molar-refractivity contribution >= 4 is 101 Å². The van der Waals surface area contributed by atoms with E-state index in [1.807, 2.05) is 12.4 Å². The molecule has 0 atom stereocenters. The number of aromatic nitrogens is 4. The van der Waals surface area contributed by atoms with Crippen molar-refractivity contribution in [1.82, 2.24) is 19.1 Å². The van der Waals surface area contributed by atoms with E-state index in [0.717, 1.165) is 33.9 Å². The molecule has 0 fully saturated rings. The molecule has 4 aromatic heterocycles. The van der Waals surface area contributed by atoms with Crippen LogP contribution < -0.4 is 41.5 Å². The Bertz CT molecular complexity index is 4480. The van der Waals surface area contributed by atoms with Crippen molar-refractivity contribution in [2.24, 2.45) is 0 Å². The molecule has 7 heteroatoms. The van der Waals surface area contributed by atoms with E-state index >= 15 is 0 Å². The standard InChI is InChI=1S/2C37H25N2Si.Pt/c2*1-23-13-17-31-29(20-23)30-21-24(2)14-18-32(30)39(31)25-15-16-28-36(22-25)40(35-12-7-19-38-37(28)35)33-10-5-3-8-26(33)27-9-4-6-11-34(27)40;/h2*3-15,17-22H,1-2H3;/q2*-1;+2. The minimum absolute atomic E-state index is 0. The topological polar surface area (TPSA) is 35.6 Å². The molecule has 2 spiro atoms. The van der Waals surface area contributed by atoms with Gasteiger partial charge in [-0.1, -0.05) is 166 Å². The summed E-state index contributed by atoms with van der Waals surface area (Å²) >= 11 is 0. The Labute approximate surface area is 487 Å². The summed E-state index contributed by atoms with van der Waals surface area (Å²) in [6, 6.07) is 89.2. The molecule has 0 amide bonds. The Morgan fingerprint density at radius 2 is 0.617 bits per heavy atom. The number of fused-ring (bicyclic) bond motifs is 26. The maximum atomic E-state index is 4.97. The minimum Gasteiger partial charge on any atom is -0.351 e. The first-order valence-electron chi connectivity index (χ1n) is 27.8. The van der Waals surface area contributed by atoms with Crippen LogP contribution in [0.1, 0.15) is 22.3 Å². The number of hydrogen-bond acceptors (Lipinski definition) is 2. The van der Waals surface area contributed by atoms with Crippen LogP contribution in [0.3, 0.4) is 0 Å². The Kier molecular flexibility index (Phi) is 10.5. The smallest absolute Gasteiger partial charge is 0.351 e. The first kappa shape index (κ1) is 48.2. The fraction of sp³-hybridized carbons (Fsp3) is 0.0541. The van der Waals surface area contributed by atoms with Gasteiger partial charge >= 0.3 is 21.1 Å². The molecule has 0 saturated heterocycles. The third-order valence-corrected chi connectivity index (χ3v) is 27.9. The zero-order chi connectivity index (χ0) is 53.2. The molecular formula is C74H50N4PtSi2. The van der Waals surface area contributed by atoms with Gasteiger partial charge < -0.3 is 19.1 Å². The van der Waals surface area contributed by atoms with Gasteiger partial charge in [0.15, 0.2) is 0 Å². The van der Waals surface area contributed by atoms with Crippen molar-refractivity contribution in [1.29, 1.82) is 0 Å². The normalized spacial score (nSPS) is 13.8. The van der Waals surface area contributed by atoms with E-state index in [9.17, 15) is 0 Å². The Morgan fingerprint density at radius 1 is 0.321 bits per heavy atom. The van der Waals surface area contributed by atoms with Crippen LogP contribution in [0, 0.1) is 39.8 Å². The summed E-state index contributed by atoms with van der Waals surface area (Å²) in [5.41, 5.74) is 22.3. The molecule has 0 saturated carbocycles. The maximum absolute atomic E-state index is 4.97. The second kappa shape index (κ2) is 17.6. The monoisotopic (exact) mass is 1250 g/mol. The molecule has 81 heavy (non-hydrogen) atoms. The number of aryl methyl sites for hydroxylation is 4. The molecule has 0 N–H and O–H groups in total. The second-order valence-electron chi connectivity index (χ2n) is 22.5. The van der Waals surface area contributed by atoms with Crippen LogP contribution in [0.2, 0.25) is 0 Å². The summed E-state index contributed by atoms with van der Waals surface area (Å²) in [6.45, 7) is 8.71. The summed E-state index contributed by atoms with van der Waals surface area (Å²) < 4.78 is 4.87. The van der Waals surface area contributed by atoms with E-state index in [-0.39, 0.29) is 21.1 Å². The van der Waals surface area contributed by atoms with Crippen molar-refractivity contribution < 1.29 is 21.1 Å². The van der Waals surface area contributed by atoms with E-state index in [2.05, 4.69) is 267 Å². The van der Waals surface area contributed by atoms with Crippen molar-refractivity contribution in [3.63, 3.8) is 0 Å². The molecule has 4 nitrogen and oxygen atoms in total. The third kappa shape index (κ3) is 6.38. The van der Waals surface area contributed by atoms with E-state index in [0.29, 0.717) is 0 Å². The SMILES string of the molecule is Cc1ccc2c(c1)c1cc(C)ccc1n2-c1c[c-]c2c(c1)[Si]1(c3ccccc3-c3ccccc31)c1cccnc1-2.Cc1ccc2c(c1)c1cc(C)ccc1n2-c1c[c-]c2c(c1)[Si]1(c3ccccc3-c3ccccc31)c1cccnc1-2.[Pt+2]. The average molecular weight is 1250 g/mol. The van der Waals surface area contributed by atoms with Gasteiger partial charge in [0.05, 0.1) is 0 Å². The average Bonchev–Trinajstić information content (AvgIpc) is 4.03. The van der Waals surface area contributed by atoms with Crippen LogP contribution in [0.25, 0.3) is 99.8 Å². The number of nitrogens with zero attached hydrogens (tertiary/aromatic N) is 4. The van der Waals surface area contributed by atoms with Gasteiger partial charge in [-0.2, -0.15) is 0 Å². The van der Waals surface area contributed by atoms with Gasteiger partial charge in [0.2, 0.25) is 0 Å². The van der Waals surface area contributed by atoms with Gasteiger partial charge in [-0.3, -0.25) is 0 Å². The van der Waals surface area contributed by atoms with Crippen molar-refractivity contribution in [2.75, 3.05) is 0 Å². The quantitative estimate of drug-likeness (QED) is 0.128. The van der Waals surface area contributed by atoms with Crippen LogP contribution in [0.15, 0.2) is 231 Å². The molecule has 4 aliphatic rings. The third-order valence-electron chi connectivity index (χ3n) is 18.1. The summed E-state index contributed by atoms with van der Waals surface area (Å²) in [7, 11) is -5.11. The number of hydrogen-bond donors (Lipinski definition) is 0. The minimum atomic E-state index is -2.56. The van der Waals surface area contributed by atoms with E-state index in [1.54, 1.807) is 0 Å². The molecule has 0 unspecified atom stereocenters. The zero-order valence-electron chi connectivity index (χ0n) is 45.0. The Balaban J connectivity index is 0.000000132. The molecule has 10 aromatic carbocycles. The van der Waals surface area contributed by atoms with Crippen LogP contribution >= 0.6 is 0 Å². The van der Waals surface area contributed by atoms with Gasteiger partial charge in [-0.05, 0) is 154 Å². The molecule has 18 rings (SSSR count). The van der Waals surface area contributed by atoms with Crippen molar-refractivity contribution in [2.45, 2.75) is 27.7 Å². The van der Waals surface area contributed by atoms with Crippen LogP contribution in [0.4, 0.5) is 0 Å². The fourth-order valence-electron chi connectivity index (χ4n) is 15.0. The molecule has 0 bridgehead atoms. The molecule has 384 valence electrons. The fourth-order valence-corrected chi connectivity index (χ4v) is 26.0. The maximum Gasteiger partial charge on any atom is 2.00 e. The van der Waals surface area contributed by atoms with E-state index in [4.69, 9.17) is 9.97 Å². The molecule has 0 radical (unpaired) electrons. The van der Waals surface area contributed by atoms with Gasteiger partial charge in [-0.25, -0.2) is 0 Å². The van der Waals surface area contributed by atoms with Crippen molar-refractivity contribution in [3.8, 4) is 56.1 Å². The molecular weight excluding hydrogens is 1200 g/mol. The van der Waals surface area contributed by atoms with Gasteiger partial charge in [0, 0.05) is 56.0 Å². The Morgan fingerprint density at radius 3 is 0.938 bits per heavy atom. The predicted molar refractivity (Wildman–Crippen MR) is 337 cm³/mol. The first-order chi connectivity index (χ1) is 39.3. The summed E-state index contributed by atoms with van der Waals surface area (Å²) in [4.78, 5) is 9.95. The number of rotatable bonds is 2. The van der Waals surface area contributed by atoms with Crippen LogP contribution in [-0.4, -0.2) is 35.2 Å². The zero-order valence-corrected chi connectivity index (χ0v) is 49.3. The molecule has 0 aliphatic carbocycles. The molecule has 8 heterocycles. The molecule has 4 aliphatic heterocycles. The van der Waals surface area contributed by atoms with Gasteiger partial charge in [-0.15, -0.1) is 57.9 Å². The largest absolute Gasteiger partial charge is 2.00 e. The van der Waals surface area contributed by atoms with E-state index < -0.39 is 16.1 Å². The summed E-state index contributed by atoms with van der Waals surface area (Å²) in [5.74, 6) is 0. The van der Waals surface area contributed by atoms with Crippen LogP contribution in [-0.2, 0) is 21.1 Å². The van der Waals surface area contributed by atoms with Crippen LogP contribution in [0.5, 0.6) is 0 Å². The second-order valence-corrected chi connectivity index (χ2v) is 29.8. The van der Waals surface area contributed by atoms with Gasteiger partial charge in [0.1, 0.15) is 16.1 Å². The number of pyridine rings is 2. The predicted octanol–water partition coefficient (Wildman–Crippen LogP) is 11.9. The summed E-state index contributed by atoms with van der Waals surface area (Å²) in [5, 5.41) is 16.6. The first-order valence-corrected chi connectivity index (χ1v) is 31.8. The Hall–Kier alpha value is -8.78. The van der Waals surface area contributed by atoms with E-state index in [1.165, 1.54) is 130 Å². The molecule has 14 aromatic rings.